The number of imidazole rings is 1. The molecule has 2 aromatic rings. The quantitative estimate of drug-likeness (QED) is 0.833. The van der Waals surface area contributed by atoms with Gasteiger partial charge < -0.3 is 9.30 Å². The van der Waals surface area contributed by atoms with Crippen molar-refractivity contribution < 1.29 is 13.2 Å². The average molecular weight is 332 g/mol. The fourth-order valence-corrected chi connectivity index (χ4v) is 2.78. The molecule has 1 N–H and O–H groups in total. The third-order valence-electron chi connectivity index (χ3n) is 2.68. The number of halogens is 1. The number of ether oxygens (including phenoxy) is 1. The smallest absolute Gasteiger partial charge is 0.283 e. The summed E-state index contributed by atoms with van der Waals surface area (Å²) in [6.07, 6.45) is 1.44. The van der Waals surface area contributed by atoms with Crippen molar-refractivity contribution in [1.29, 1.82) is 0 Å². The lowest BCUT2D eigenvalue weighted by molar-refractivity contribution is 0.397. The highest BCUT2D eigenvalue weighted by atomic mass is 35.5. The fourth-order valence-electron chi connectivity index (χ4n) is 1.65. The summed E-state index contributed by atoms with van der Waals surface area (Å²) in [5, 5.41) is -0.0424. The first-order valence-corrected chi connectivity index (χ1v) is 7.87. The SMILES string of the molecule is CCn1cc(S(=O)(=O)Nc2nc(Cl)cc(OC)n2)nc1C. The van der Waals surface area contributed by atoms with Crippen LogP contribution in [0.2, 0.25) is 5.15 Å². The summed E-state index contributed by atoms with van der Waals surface area (Å²) in [5.41, 5.74) is 0. The number of nitrogens with zero attached hydrogens (tertiary/aromatic N) is 4. The summed E-state index contributed by atoms with van der Waals surface area (Å²) < 4.78 is 33.3. The molecule has 0 fully saturated rings. The Morgan fingerprint density at radius 3 is 2.67 bits per heavy atom. The Bertz CT molecular complexity index is 759. The van der Waals surface area contributed by atoms with Crippen LogP contribution >= 0.6 is 11.6 Å². The lowest BCUT2D eigenvalue weighted by atomic mass is 10.6. The van der Waals surface area contributed by atoms with Gasteiger partial charge in [-0.2, -0.15) is 13.4 Å². The maximum atomic E-state index is 12.2. The van der Waals surface area contributed by atoms with Gasteiger partial charge in [0.2, 0.25) is 11.8 Å². The number of hydrogen-bond donors (Lipinski definition) is 1. The molecule has 0 radical (unpaired) electrons. The Morgan fingerprint density at radius 1 is 1.38 bits per heavy atom. The Morgan fingerprint density at radius 2 is 2.10 bits per heavy atom. The highest BCUT2D eigenvalue weighted by Crippen LogP contribution is 2.18. The molecule has 0 saturated carbocycles. The second-order valence-corrected chi connectivity index (χ2v) is 6.09. The first kappa shape index (κ1) is 15.5. The van der Waals surface area contributed by atoms with E-state index in [1.165, 1.54) is 19.4 Å². The fraction of sp³-hybridized carbons (Fsp3) is 0.364. The van der Waals surface area contributed by atoms with Crippen LogP contribution in [0.4, 0.5) is 5.95 Å². The Kier molecular flexibility index (Phi) is 4.33. The molecule has 0 saturated heterocycles. The molecule has 0 aliphatic carbocycles. The molecule has 0 bridgehead atoms. The molecule has 0 aliphatic rings. The van der Waals surface area contributed by atoms with Gasteiger partial charge in [0.1, 0.15) is 11.0 Å². The van der Waals surface area contributed by atoms with Gasteiger partial charge in [0.05, 0.1) is 7.11 Å². The van der Waals surface area contributed by atoms with Crippen LogP contribution in [0.1, 0.15) is 12.7 Å². The molecule has 114 valence electrons. The topological polar surface area (TPSA) is 99.0 Å². The third kappa shape index (κ3) is 3.42. The highest BCUT2D eigenvalue weighted by molar-refractivity contribution is 7.92. The summed E-state index contributed by atoms with van der Waals surface area (Å²) in [6, 6.07) is 1.37. The van der Waals surface area contributed by atoms with Crippen LogP contribution in [0.15, 0.2) is 17.3 Å². The Labute approximate surface area is 127 Å². The zero-order valence-electron chi connectivity index (χ0n) is 11.7. The van der Waals surface area contributed by atoms with Crippen molar-refractivity contribution in [2.24, 2.45) is 0 Å². The Hall–Kier alpha value is -1.87. The van der Waals surface area contributed by atoms with Crippen LogP contribution in [-0.2, 0) is 16.6 Å². The summed E-state index contributed by atoms with van der Waals surface area (Å²) in [6.45, 7) is 4.24. The first-order valence-electron chi connectivity index (χ1n) is 6.01. The van der Waals surface area contributed by atoms with E-state index in [1.54, 1.807) is 11.5 Å². The van der Waals surface area contributed by atoms with E-state index in [0.29, 0.717) is 12.4 Å². The van der Waals surface area contributed by atoms with Crippen molar-refractivity contribution in [3.8, 4) is 5.88 Å². The molecule has 10 heteroatoms. The van der Waals surface area contributed by atoms with Crippen LogP contribution in [0.5, 0.6) is 5.88 Å². The maximum absolute atomic E-state index is 12.2. The number of rotatable bonds is 5. The van der Waals surface area contributed by atoms with E-state index in [9.17, 15) is 8.42 Å². The minimum absolute atomic E-state index is 0.0646. The van der Waals surface area contributed by atoms with E-state index < -0.39 is 10.0 Å². The standard InChI is InChI=1S/C11H14ClN5O3S/c1-4-17-6-10(13-7(17)2)21(18,19)16-11-14-8(12)5-9(15-11)20-3/h5-6H,4H2,1-3H3,(H,14,15,16). The molecule has 0 atom stereocenters. The predicted octanol–water partition coefficient (Wildman–Crippen LogP) is 1.46. The predicted molar refractivity (Wildman–Crippen MR) is 77.0 cm³/mol. The molecule has 0 aliphatic heterocycles. The van der Waals surface area contributed by atoms with Crippen molar-refractivity contribution in [3.63, 3.8) is 0 Å². The van der Waals surface area contributed by atoms with Gasteiger partial charge in [0.15, 0.2) is 5.03 Å². The highest BCUT2D eigenvalue weighted by Gasteiger charge is 2.21. The largest absolute Gasteiger partial charge is 0.481 e. The molecule has 2 aromatic heterocycles. The molecule has 0 amide bonds. The van der Waals surface area contributed by atoms with Crippen LogP contribution in [0, 0.1) is 6.92 Å². The van der Waals surface area contributed by atoms with Crippen molar-refractivity contribution in [3.05, 3.63) is 23.2 Å². The van der Waals surface area contributed by atoms with Crippen LogP contribution in [0.3, 0.4) is 0 Å². The molecular weight excluding hydrogens is 318 g/mol. The van der Waals surface area contributed by atoms with Crippen molar-refractivity contribution >= 4 is 27.6 Å². The number of aromatic nitrogens is 4. The zero-order valence-corrected chi connectivity index (χ0v) is 13.2. The molecule has 2 heterocycles. The summed E-state index contributed by atoms with van der Waals surface area (Å²) in [4.78, 5) is 11.7. The van der Waals surface area contributed by atoms with Gasteiger partial charge in [-0.05, 0) is 13.8 Å². The first-order chi connectivity index (χ1) is 9.85. The van der Waals surface area contributed by atoms with Gasteiger partial charge in [-0.3, -0.25) is 0 Å². The van der Waals surface area contributed by atoms with E-state index in [1.807, 2.05) is 6.92 Å². The molecule has 0 aromatic carbocycles. The maximum Gasteiger partial charge on any atom is 0.283 e. The van der Waals surface area contributed by atoms with E-state index in [4.69, 9.17) is 16.3 Å². The van der Waals surface area contributed by atoms with Crippen molar-refractivity contribution in [2.45, 2.75) is 25.4 Å². The monoisotopic (exact) mass is 331 g/mol. The Balaban J connectivity index is 2.34. The zero-order chi connectivity index (χ0) is 15.6. The molecule has 0 unspecified atom stereocenters. The lowest BCUT2D eigenvalue weighted by Gasteiger charge is -2.06. The summed E-state index contributed by atoms with van der Waals surface area (Å²) >= 11 is 5.77. The van der Waals surface area contributed by atoms with Gasteiger partial charge in [-0.1, -0.05) is 11.6 Å². The number of hydrogen-bond acceptors (Lipinski definition) is 6. The third-order valence-corrected chi connectivity index (χ3v) is 4.07. The lowest BCUT2D eigenvalue weighted by Crippen LogP contribution is -2.15. The van der Waals surface area contributed by atoms with E-state index in [2.05, 4.69) is 19.7 Å². The second kappa shape index (κ2) is 5.86. The normalized spacial score (nSPS) is 11.4. The van der Waals surface area contributed by atoms with E-state index in [-0.39, 0.29) is 22.0 Å². The van der Waals surface area contributed by atoms with Gasteiger partial charge in [0, 0.05) is 18.8 Å². The number of anilines is 1. The number of methoxy groups -OCH3 is 1. The van der Waals surface area contributed by atoms with E-state index >= 15 is 0 Å². The molecule has 21 heavy (non-hydrogen) atoms. The van der Waals surface area contributed by atoms with Crippen LogP contribution < -0.4 is 9.46 Å². The van der Waals surface area contributed by atoms with Crippen LogP contribution in [-0.4, -0.2) is 35.0 Å². The van der Waals surface area contributed by atoms with Gasteiger partial charge in [0.25, 0.3) is 10.0 Å². The van der Waals surface area contributed by atoms with Gasteiger partial charge in [-0.15, -0.1) is 0 Å². The average Bonchev–Trinajstić information content (AvgIpc) is 2.79. The van der Waals surface area contributed by atoms with Crippen LogP contribution in [0.25, 0.3) is 0 Å². The molecule has 0 spiro atoms. The van der Waals surface area contributed by atoms with Gasteiger partial charge >= 0.3 is 0 Å². The van der Waals surface area contributed by atoms with Gasteiger partial charge in [-0.25, -0.2) is 14.7 Å². The minimum atomic E-state index is -3.89. The second-order valence-electron chi connectivity index (χ2n) is 4.07. The molecule has 2 rings (SSSR count). The van der Waals surface area contributed by atoms with Crippen molar-refractivity contribution in [2.75, 3.05) is 11.8 Å². The minimum Gasteiger partial charge on any atom is -0.481 e. The number of nitrogens with one attached hydrogen (secondary N) is 1. The number of aryl methyl sites for hydroxylation is 2. The van der Waals surface area contributed by atoms with Crippen molar-refractivity contribution in [1.82, 2.24) is 19.5 Å². The number of sulfonamides is 1. The molecule has 8 nitrogen and oxygen atoms in total. The summed E-state index contributed by atoms with van der Waals surface area (Å²) in [7, 11) is -2.50. The molecular formula is C11H14ClN5O3S. The van der Waals surface area contributed by atoms with E-state index in [0.717, 1.165) is 0 Å². The summed E-state index contributed by atoms with van der Waals surface area (Å²) in [5.74, 6) is 0.577.